The van der Waals surface area contributed by atoms with Crippen molar-refractivity contribution in [2.45, 2.75) is 45.9 Å². The molecule has 0 N–H and O–H groups in total. The first-order valence-corrected chi connectivity index (χ1v) is 5.08. The molecule has 1 saturated carbocycles. The highest BCUT2D eigenvalue weighted by molar-refractivity contribution is 6.43. The molecule has 13 heavy (non-hydrogen) atoms. The molecule has 0 amide bonds. The summed E-state index contributed by atoms with van der Waals surface area (Å²) in [5, 5.41) is 0. The van der Waals surface area contributed by atoms with E-state index < -0.39 is 4.87 Å². The largest absolute Gasteiger partial charge is 0.292 e. The van der Waals surface area contributed by atoms with Gasteiger partial charge in [-0.3, -0.25) is 4.79 Å². The van der Waals surface area contributed by atoms with Crippen LogP contribution in [0.3, 0.4) is 0 Å². The molecule has 0 aromatic heterocycles. The van der Waals surface area contributed by atoms with Crippen molar-refractivity contribution >= 4 is 17.4 Å². The molecular formula is C11H17ClO. The molecule has 0 radical (unpaired) electrons. The fraction of sp³-hybridized carbons (Fsp3) is 0.727. The van der Waals surface area contributed by atoms with Crippen LogP contribution in [0, 0.1) is 5.41 Å². The molecule has 1 nitrogen and oxygen atoms in total. The van der Waals surface area contributed by atoms with Crippen LogP contribution in [-0.4, -0.2) is 10.7 Å². The summed E-state index contributed by atoms with van der Waals surface area (Å²) in [7, 11) is 0. The van der Waals surface area contributed by atoms with E-state index in [-0.39, 0.29) is 11.2 Å². The number of carbonyl (C=O) groups is 1. The van der Waals surface area contributed by atoms with E-state index in [1.54, 1.807) is 0 Å². The highest BCUT2D eigenvalue weighted by Gasteiger charge is 2.62. The minimum atomic E-state index is -0.653. The van der Waals surface area contributed by atoms with Gasteiger partial charge in [-0.1, -0.05) is 26.3 Å². The summed E-state index contributed by atoms with van der Waals surface area (Å²) in [6.07, 6.45) is 0.706. The number of alkyl halides is 1. The molecule has 0 aromatic rings. The van der Waals surface area contributed by atoms with Gasteiger partial charge in [0.25, 0.3) is 0 Å². The van der Waals surface area contributed by atoms with Gasteiger partial charge >= 0.3 is 0 Å². The predicted octanol–water partition coefficient (Wildman–Crippen LogP) is 3.32. The van der Waals surface area contributed by atoms with Gasteiger partial charge in [-0.25, -0.2) is 0 Å². The highest BCUT2D eigenvalue weighted by Crippen LogP contribution is 2.57. The van der Waals surface area contributed by atoms with Crippen LogP contribution in [0.25, 0.3) is 0 Å². The molecule has 0 bridgehead atoms. The molecule has 1 fully saturated rings. The van der Waals surface area contributed by atoms with Crippen LogP contribution in [0.5, 0.6) is 0 Å². The fourth-order valence-corrected chi connectivity index (χ4v) is 2.54. The molecule has 2 heteroatoms. The number of allylic oxidation sites excluding steroid dienone is 2. The summed E-state index contributed by atoms with van der Waals surface area (Å²) in [6, 6.07) is 0. The third-order valence-corrected chi connectivity index (χ3v) is 4.10. The van der Waals surface area contributed by atoms with Gasteiger partial charge in [-0.05, 0) is 20.3 Å². The van der Waals surface area contributed by atoms with Crippen LogP contribution in [0.15, 0.2) is 11.1 Å². The Labute approximate surface area is 85.2 Å². The maximum atomic E-state index is 11.8. The monoisotopic (exact) mass is 200 g/mol. The van der Waals surface area contributed by atoms with Gasteiger partial charge in [-0.15, -0.1) is 11.6 Å². The van der Waals surface area contributed by atoms with Gasteiger partial charge in [0, 0.05) is 11.0 Å². The lowest BCUT2D eigenvalue weighted by molar-refractivity contribution is -0.128. The van der Waals surface area contributed by atoms with E-state index in [2.05, 4.69) is 0 Å². The molecule has 0 aromatic carbocycles. The van der Waals surface area contributed by atoms with Crippen LogP contribution in [0.4, 0.5) is 0 Å². The Balaban J connectivity index is 3.18. The fourth-order valence-electron chi connectivity index (χ4n) is 2.36. The number of ketones is 1. The molecule has 0 spiro atoms. The van der Waals surface area contributed by atoms with Crippen LogP contribution < -0.4 is 0 Å². The maximum absolute atomic E-state index is 11.8. The molecule has 1 aliphatic carbocycles. The number of carbonyl (C=O) groups excluding carboxylic acids is 1. The van der Waals surface area contributed by atoms with Crippen LogP contribution in [-0.2, 0) is 4.79 Å². The lowest BCUT2D eigenvalue weighted by Crippen LogP contribution is -2.60. The van der Waals surface area contributed by atoms with Crippen molar-refractivity contribution < 1.29 is 4.79 Å². The number of Topliss-reactive ketones (excluding diaryl/α,β-unsaturated/α-hetero) is 1. The standard InChI is InChI=1S/C11H17ClO/c1-6-11(12)9(13)8(7(2)3)10(11,4)5/h6H2,1-5H3. The van der Waals surface area contributed by atoms with E-state index in [0.29, 0.717) is 6.42 Å². The van der Waals surface area contributed by atoms with E-state index in [0.717, 1.165) is 11.1 Å². The van der Waals surface area contributed by atoms with Crippen molar-refractivity contribution in [2.24, 2.45) is 5.41 Å². The summed E-state index contributed by atoms with van der Waals surface area (Å²) in [5.74, 6) is 0.127. The molecule has 1 rings (SSSR count). The molecule has 1 unspecified atom stereocenters. The Bertz CT molecular complexity index is 284. The van der Waals surface area contributed by atoms with Crippen molar-refractivity contribution in [1.82, 2.24) is 0 Å². The second-order valence-electron chi connectivity index (χ2n) is 4.48. The lowest BCUT2D eigenvalue weighted by Gasteiger charge is -2.52. The SMILES string of the molecule is CCC1(Cl)C(=O)C(=C(C)C)C1(C)C. The van der Waals surface area contributed by atoms with Gasteiger partial charge in [0.15, 0.2) is 5.78 Å². The highest BCUT2D eigenvalue weighted by atomic mass is 35.5. The zero-order valence-electron chi connectivity index (χ0n) is 8.99. The second kappa shape index (κ2) is 2.84. The second-order valence-corrected chi connectivity index (χ2v) is 5.13. The Hall–Kier alpha value is -0.300. The van der Waals surface area contributed by atoms with E-state index in [9.17, 15) is 4.79 Å². The topological polar surface area (TPSA) is 17.1 Å². The molecule has 0 saturated heterocycles. The Morgan fingerprint density at radius 1 is 1.38 bits per heavy atom. The summed E-state index contributed by atoms with van der Waals surface area (Å²) >= 11 is 6.29. The van der Waals surface area contributed by atoms with Gasteiger partial charge in [0.05, 0.1) is 0 Å². The molecular weight excluding hydrogens is 184 g/mol. The number of hydrogen-bond acceptors (Lipinski definition) is 1. The van der Waals surface area contributed by atoms with E-state index in [1.165, 1.54) is 0 Å². The number of hydrogen-bond donors (Lipinski definition) is 0. The smallest absolute Gasteiger partial charge is 0.181 e. The first kappa shape index (κ1) is 10.8. The van der Waals surface area contributed by atoms with Crippen molar-refractivity contribution in [3.8, 4) is 0 Å². The Morgan fingerprint density at radius 2 is 1.85 bits per heavy atom. The predicted molar refractivity (Wildman–Crippen MR) is 56.0 cm³/mol. The summed E-state index contributed by atoms with van der Waals surface area (Å²) < 4.78 is 0. The molecule has 1 aliphatic rings. The quantitative estimate of drug-likeness (QED) is 0.469. The number of halogens is 1. The summed E-state index contributed by atoms with van der Waals surface area (Å²) in [5.41, 5.74) is 1.85. The zero-order valence-corrected chi connectivity index (χ0v) is 9.75. The number of rotatable bonds is 1. The van der Waals surface area contributed by atoms with E-state index in [4.69, 9.17) is 11.6 Å². The van der Waals surface area contributed by atoms with Gasteiger partial charge in [0.1, 0.15) is 4.87 Å². The molecule has 74 valence electrons. The van der Waals surface area contributed by atoms with Crippen molar-refractivity contribution in [3.63, 3.8) is 0 Å². The lowest BCUT2D eigenvalue weighted by atomic mass is 9.55. The summed E-state index contributed by atoms with van der Waals surface area (Å²) in [6.45, 7) is 10.0. The minimum Gasteiger partial charge on any atom is -0.292 e. The average molecular weight is 201 g/mol. The summed E-state index contributed by atoms with van der Waals surface area (Å²) in [4.78, 5) is 11.1. The van der Waals surface area contributed by atoms with Crippen LogP contribution in [0.2, 0.25) is 0 Å². The van der Waals surface area contributed by atoms with E-state index in [1.807, 2.05) is 34.6 Å². The van der Waals surface area contributed by atoms with Crippen molar-refractivity contribution in [1.29, 1.82) is 0 Å². The zero-order chi connectivity index (χ0) is 10.4. The minimum absolute atomic E-state index is 0.127. The first-order valence-electron chi connectivity index (χ1n) is 4.70. The van der Waals surface area contributed by atoms with Crippen LogP contribution >= 0.6 is 11.6 Å². The maximum Gasteiger partial charge on any atom is 0.181 e. The van der Waals surface area contributed by atoms with Gasteiger partial charge in [-0.2, -0.15) is 0 Å². The third kappa shape index (κ3) is 1.10. The van der Waals surface area contributed by atoms with Gasteiger partial charge in [0.2, 0.25) is 0 Å². The van der Waals surface area contributed by atoms with Crippen LogP contribution in [0.1, 0.15) is 41.0 Å². The van der Waals surface area contributed by atoms with Gasteiger partial charge < -0.3 is 0 Å². The Morgan fingerprint density at radius 3 is 2.08 bits per heavy atom. The average Bonchev–Trinajstić information content (AvgIpc) is 2.01. The first-order chi connectivity index (χ1) is 5.79. The molecule has 0 heterocycles. The third-order valence-electron chi connectivity index (χ3n) is 3.19. The normalized spacial score (nSPS) is 31.5. The van der Waals surface area contributed by atoms with Crippen molar-refractivity contribution in [2.75, 3.05) is 0 Å². The molecule has 1 atom stereocenters. The molecule has 0 aliphatic heterocycles. The Kier molecular flexibility index (Phi) is 2.36. The van der Waals surface area contributed by atoms with Crippen molar-refractivity contribution in [3.05, 3.63) is 11.1 Å². The van der Waals surface area contributed by atoms with E-state index >= 15 is 0 Å².